The minimum atomic E-state index is -4.29. The number of piperidine rings is 1. The molecule has 0 unspecified atom stereocenters. The molecule has 0 amide bonds. The van der Waals surface area contributed by atoms with Gasteiger partial charge in [0.1, 0.15) is 17.5 Å². The number of nitrogens with one attached hydrogen (secondary N) is 1. The zero-order valence-corrected chi connectivity index (χ0v) is 20.8. The van der Waals surface area contributed by atoms with Crippen LogP contribution in [0.3, 0.4) is 0 Å². The number of nitrogens with zero attached hydrogens (tertiary/aromatic N) is 5. The van der Waals surface area contributed by atoms with E-state index in [1.807, 2.05) is 18.2 Å². The fourth-order valence-corrected chi connectivity index (χ4v) is 6.16. The second-order valence-electron chi connectivity index (χ2n) is 8.24. The molecule has 0 aliphatic carbocycles. The number of halogens is 3. The van der Waals surface area contributed by atoms with E-state index in [0.717, 1.165) is 44.1 Å². The quantitative estimate of drug-likeness (QED) is 0.375. The molecular formula is C23H21BrF2N6O2S. The van der Waals surface area contributed by atoms with Crippen molar-refractivity contribution in [2.75, 3.05) is 18.4 Å². The molecule has 4 aromatic rings. The van der Waals surface area contributed by atoms with Crippen LogP contribution in [0.25, 0.3) is 5.65 Å². The average molecular weight is 563 g/mol. The summed E-state index contributed by atoms with van der Waals surface area (Å²) in [6.45, 7) is 0.799. The highest BCUT2D eigenvalue weighted by molar-refractivity contribution is 9.10. The molecule has 1 saturated heterocycles. The van der Waals surface area contributed by atoms with Crippen LogP contribution in [0.1, 0.15) is 30.0 Å². The average Bonchev–Trinajstić information content (AvgIpc) is 3.24. The molecule has 1 aliphatic rings. The maximum atomic E-state index is 14.2. The van der Waals surface area contributed by atoms with Crippen LogP contribution >= 0.6 is 15.9 Å². The van der Waals surface area contributed by atoms with Crippen molar-refractivity contribution >= 4 is 37.4 Å². The third-order valence-corrected chi connectivity index (χ3v) is 8.54. The molecule has 1 aliphatic heterocycles. The zero-order valence-electron chi connectivity index (χ0n) is 18.4. The van der Waals surface area contributed by atoms with Crippen LogP contribution in [0.4, 0.5) is 14.6 Å². The predicted molar refractivity (Wildman–Crippen MR) is 129 cm³/mol. The van der Waals surface area contributed by atoms with Gasteiger partial charge >= 0.3 is 0 Å². The molecule has 1 fully saturated rings. The Labute approximate surface area is 209 Å². The second kappa shape index (κ2) is 9.59. The third-order valence-electron chi connectivity index (χ3n) is 6.03. The number of benzene rings is 1. The number of pyridine rings is 1. The minimum absolute atomic E-state index is 0.0299. The monoisotopic (exact) mass is 562 g/mol. The standard InChI is InChI=1S/C23H21BrF2N6O2S/c24-17-14-29-32-21(28-13-15-3-2-8-27-12-15)11-20(30-23(17)32)16-6-9-31(10-7-16)35(33,34)22-18(25)4-1-5-19(22)26/h1-5,8,11-12,14,16,28H,6-7,9-10,13H2. The highest BCUT2D eigenvalue weighted by Crippen LogP contribution is 2.33. The number of anilines is 1. The van der Waals surface area contributed by atoms with Gasteiger partial charge < -0.3 is 5.32 Å². The predicted octanol–water partition coefficient (Wildman–Crippen LogP) is 4.35. The van der Waals surface area contributed by atoms with E-state index in [1.54, 1.807) is 23.1 Å². The SMILES string of the molecule is O=S(=O)(c1c(F)cccc1F)N1CCC(c2cc(NCc3cccnc3)n3ncc(Br)c3n2)CC1. The van der Waals surface area contributed by atoms with E-state index in [-0.39, 0.29) is 19.0 Å². The molecule has 0 bridgehead atoms. The van der Waals surface area contributed by atoms with Crippen molar-refractivity contribution in [3.63, 3.8) is 0 Å². The molecule has 1 aromatic carbocycles. The van der Waals surface area contributed by atoms with Crippen molar-refractivity contribution < 1.29 is 17.2 Å². The maximum Gasteiger partial charge on any atom is 0.248 e. The molecule has 8 nitrogen and oxygen atoms in total. The largest absolute Gasteiger partial charge is 0.366 e. The molecule has 1 N–H and O–H groups in total. The van der Waals surface area contributed by atoms with Gasteiger partial charge in [0.25, 0.3) is 0 Å². The van der Waals surface area contributed by atoms with E-state index in [4.69, 9.17) is 4.98 Å². The summed E-state index contributed by atoms with van der Waals surface area (Å²) in [6.07, 6.45) is 6.09. The van der Waals surface area contributed by atoms with Crippen molar-refractivity contribution in [3.05, 3.63) is 82.4 Å². The molecule has 0 radical (unpaired) electrons. The topological polar surface area (TPSA) is 92.5 Å². The van der Waals surface area contributed by atoms with Crippen LogP contribution in [-0.2, 0) is 16.6 Å². The van der Waals surface area contributed by atoms with Gasteiger partial charge in [-0.15, -0.1) is 0 Å². The number of aromatic nitrogens is 4. The molecule has 4 heterocycles. The number of sulfonamides is 1. The van der Waals surface area contributed by atoms with Gasteiger partial charge in [0.15, 0.2) is 10.5 Å². The fraction of sp³-hybridized carbons (Fsp3) is 0.261. The Morgan fingerprint density at radius 2 is 1.83 bits per heavy atom. The molecule has 0 atom stereocenters. The molecule has 182 valence electrons. The third kappa shape index (κ3) is 4.65. The van der Waals surface area contributed by atoms with E-state index >= 15 is 0 Å². The van der Waals surface area contributed by atoms with Crippen molar-refractivity contribution in [3.8, 4) is 0 Å². The summed E-state index contributed by atoms with van der Waals surface area (Å²) in [7, 11) is -4.29. The van der Waals surface area contributed by atoms with Gasteiger partial charge in [-0.25, -0.2) is 22.2 Å². The summed E-state index contributed by atoms with van der Waals surface area (Å²) in [6, 6.07) is 8.79. The Hall–Kier alpha value is -2.96. The molecule has 5 rings (SSSR count). The minimum Gasteiger partial charge on any atom is -0.366 e. The van der Waals surface area contributed by atoms with Gasteiger partial charge in [-0.3, -0.25) is 4.98 Å². The first-order valence-corrected chi connectivity index (χ1v) is 13.2. The van der Waals surface area contributed by atoms with E-state index in [0.29, 0.717) is 25.0 Å². The lowest BCUT2D eigenvalue weighted by Crippen LogP contribution is -2.38. The number of hydrogen-bond donors (Lipinski definition) is 1. The molecular weight excluding hydrogens is 542 g/mol. The van der Waals surface area contributed by atoms with Gasteiger partial charge in [-0.05, 0) is 52.5 Å². The first-order valence-electron chi connectivity index (χ1n) is 11.0. The highest BCUT2D eigenvalue weighted by Gasteiger charge is 2.34. The molecule has 35 heavy (non-hydrogen) atoms. The van der Waals surface area contributed by atoms with Crippen molar-refractivity contribution in [1.82, 2.24) is 23.9 Å². The summed E-state index contributed by atoms with van der Waals surface area (Å²) >= 11 is 3.49. The molecule has 0 saturated carbocycles. The lowest BCUT2D eigenvalue weighted by atomic mass is 9.94. The Morgan fingerprint density at radius 1 is 1.09 bits per heavy atom. The van der Waals surface area contributed by atoms with Gasteiger partial charge in [0, 0.05) is 49.7 Å². The van der Waals surface area contributed by atoms with E-state index < -0.39 is 26.6 Å². The Balaban J connectivity index is 1.37. The van der Waals surface area contributed by atoms with Crippen molar-refractivity contribution in [1.29, 1.82) is 0 Å². The summed E-state index contributed by atoms with van der Waals surface area (Å²) in [5, 5.41) is 7.76. The van der Waals surface area contributed by atoms with Crippen LogP contribution in [0.5, 0.6) is 0 Å². The number of hydrogen-bond acceptors (Lipinski definition) is 6. The van der Waals surface area contributed by atoms with E-state index in [1.165, 1.54) is 0 Å². The maximum absolute atomic E-state index is 14.2. The molecule has 3 aromatic heterocycles. The van der Waals surface area contributed by atoms with Gasteiger partial charge in [-0.1, -0.05) is 12.1 Å². The zero-order chi connectivity index (χ0) is 24.6. The van der Waals surface area contributed by atoms with Crippen molar-refractivity contribution in [2.24, 2.45) is 0 Å². The smallest absolute Gasteiger partial charge is 0.248 e. The normalized spacial score (nSPS) is 15.5. The van der Waals surface area contributed by atoms with Crippen LogP contribution < -0.4 is 5.32 Å². The van der Waals surface area contributed by atoms with Crippen LogP contribution in [0.2, 0.25) is 0 Å². The summed E-state index contributed by atoms with van der Waals surface area (Å²) in [5.74, 6) is -1.47. The van der Waals surface area contributed by atoms with Crippen molar-refractivity contribution in [2.45, 2.75) is 30.2 Å². The van der Waals surface area contributed by atoms with Crippen LogP contribution in [0, 0.1) is 11.6 Å². The lowest BCUT2D eigenvalue weighted by Gasteiger charge is -2.31. The lowest BCUT2D eigenvalue weighted by molar-refractivity contribution is 0.314. The van der Waals surface area contributed by atoms with Gasteiger partial charge in [0.2, 0.25) is 10.0 Å². The summed E-state index contributed by atoms with van der Waals surface area (Å²) < 4.78 is 57.7. The summed E-state index contributed by atoms with van der Waals surface area (Å²) in [5.41, 5.74) is 2.44. The Kier molecular flexibility index (Phi) is 6.51. The first kappa shape index (κ1) is 23.8. The first-order chi connectivity index (χ1) is 16.8. The van der Waals surface area contributed by atoms with Crippen LogP contribution in [-0.4, -0.2) is 45.4 Å². The second-order valence-corrected chi connectivity index (χ2v) is 11.0. The van der Waals surface area contributed by atoms with E-state index in [2.05, 4.69) is 31.3 Å². The molecule has 12 heteroatoms. The summed E-state index contributed by atoms with van der Waals surface area (Å²) in [4.78, 5) is 7.99. The number of rotatable bonds is 6. The fourth-order valence-electron chi connectivity index (χ4n) is 4.24. The highest BCUT2D eigenvalue weighted by atomic mass is 79.9. The molecule has 0 spiro atoms. The van der Waals surface area contributed by atoms with Gasteiger partial charge in [0.05, 0.1) is 10.7 Å². The van der Waals surface area contributed by atoms with Gasteiger partial charge in [-0.2, -0.15) is 13.9 Å². The Bertz CT molecular complexity index is 1450. The van der Waals surface area contributed by atoms with E-state index in [9.17, 15) is 17.2 Å². The Morgan fingerprint density at radius 3 is 2.51 bits per heavy atom. The van der Waals surface area contributed by atoms with Crippen LogP contribution in [0.15, 0.2) is 64.4 Å². The number of fused-ring (bicyclic) bond motifs is 1.